The van der Waals surface area contributed by atoms with Gasteiger partial charge in [-0.05, 0) is 13.8 Å². The molecule has 2 aromatic heterocycles. The van der Waals surface area contributed by atoms with E-state index in [1.165, 1.54) is 22.3 Å². The Hall–Kier alpha value is -1.96. The number of nitrogens with zero attached hydrogens (tertiary/aromatic N) is 4. The zero-order chi connectivity index (χ0) is 14.0. The Morgan fingerprint density at radius 2 is 2.21 bits per heavy atom. The largest absolute Gasteiger partial charge is 0.307 e. The van der Waals surface area contributed by atoms with Gasteiger partial charge in [-0.2, -0.15) is 10.1 Å². The van der Waals surface area contributed by atoms with Gasteiger partial charge in [-0.15, -0.1) is 0 Å². The number of nitrogens with one attached hydrogen (secondary N) is 1. The van der Waals surface area contributed by atoms with E-state index in [4.69, 9.17) is 0 Å². The Balaban J connectivity index is 1.97. The van der Waals surface area contributed by atoms with Gasteiger partial charge >= 0.3 is 4.87 Å². The first-order chi connectivity index (χ1) is 8.99. The van der Waals surface area contributed by atoms with Crippen LogP contribution in [0, 0.1) is 13.8 Å². The van der Waals surface area contributed by atoms with Crippen molar-refractivity contribution in [1.29, 1.82) is 0 Å². The standard InChI is InChI=1S/C11H15N5O2S/c1-7-8(2)19-11(18)16(7)5-4-9(17)14-10-12-6-13-15(10)3/h6H,4-5H2,1-3H3,(H,12,13,14,17). The van der Waals surface area contributed by atoms with Crippen LogP contribution in [-0.2, 0) is 18.4 Å². The van der Waals surface area contributed by atoms with Gasteiger partial charge in [0.25, 0.3) is 0 Å². The SMILES string of the molecule is Cc1sc(=O)n(CCC(=O)Nc2ncnn2C)c1C. The second kappa shape index (κ2) is 5.35. The molecule has 2 rings (SSSR count). The summed E-state index contributed by atoms with van der Waals surface area (Å²) < 4.78 is 3.10. The van der Waals surface area contributed by atoms with E-state index in [0.717, 1.165) is 10.6 Å². The monoisotopic (exact) mass is 281 g/mol. The molecule has 0 aliphatic rings. The zero-order valence-corrected chi connectivity index (χ0v) is 11.8. The van der Waals surface area contributed by atoms with E-state index < -0.39 is 0 Å². The molecule has 0 spiro atoms. The Bertz CT molecular complexity index is 654. The highest BCUT2D eigenvalue weighted by Crippen LogP contribution is 2.10. The minimum atomic E-state index is -0.189. The third kappa shape index (κ3) is 2.90. The maximum Gasteiger partial charge on any atom is 0.307 e. The summed E-state index contributed by atoms with van der Waals surface area (Å²) in [5.74, 6) is 0.210. The molecule has 0 saturated heterocycles. The molecule has 8 heteroatoms. The molecule has 2 heterocycles. The number of amides is 1. The Morgan fingerprint density at radius 1 is 1.47 bits per heavy atom. The van der Waals surface area contributed by atoms with Crippen molar-refractivity contribution in [2.45, 2.75) is 26.8 Å². The van der Waals surface area contributed by atoms with Gasteiger partial charge in [-0.25, -0.2) is 4.68 Å². The molecule has 0 aromatic carbocycles. The Labute approximate surface area is 113 Å². The minimum Gasteiger partial charge on any atom is -0.303 e. The van der Waals surface area contributed by atoms with Gasteiger partial charge in [0.15, 0.2) is 0 Å². The van der Waals surface area contributed by atoms with Crippen LogP contribution in [-0.4, -0.2) is 25.2 Å². The van der Waals surface area contributed by atoms with Crippen LogP contribution >= 0.6 is 11.3 Å². The summed E-state index contributed by atoms with van der Waals surface area (Å²) in [6.45, 7) is 4.16. The fourth-order valence-electron chi connectivity index (χ4n) is 1.66. The van der Waals surface area contributed by atoms with Crippen LogP contribution in [0.4, 0.5) is 5.95 Å². The van der Waals surface area contributed by atoms with E-state index in [1.807, 2.05) is 13.8 Å². The molecule has 0 atom stereocenters. The maximum atomic E-state index is 11.8. The summed E-state index contributed by atoms with van der Waals surface area (Å²) in [6.07, 6.45) is 1.59. The van der Waals surface area contributed by atoms with Crippen molar-refractivity contribution in [3.8, 4) is 0 Å². The topological polar surface area (TPSA) is 81.8 Å². The van der Waals surface area contributed by atoms with Crippen molar-refractivity contribution in [2.75, 3.05) is 5.32 Å². The molecule has 0 bridgehead atoms. The van der Waals surface area contributed by atoms with Crippen LogP contribution in [0.5, 0.6) is 0 Å². The van der Waals surface area contributed by atoms with Crippen molar-refractivity contribution in [2.24, 2.45) is 7.05 Å². The number of anilines is 1. The van der Waals surface area contributed by atoms with E-state index >= 15 is 0 Å². The fourth-order valence-corrected chi connectivity index (χ4v) is 2.51. The lowest BCUT2D eigenvalue weighted by molar-refractivity contribution is -0.116. The summed E-state index contributed by atoms with van der Waals surface area (Å²) in [5, 5.41) is 6.50. The van der Waals surface area contributed by atoms with Gasteiger partial charge in [-0.3, -0.25) is 14.9 Å². The van der Waals surface area contributed by atoms with Crippen LogP contribution < -0.4 is 10.2 Å². The lowest BCUT2D eigenvalue weighted by Gasteiger charge is -2.06. The van der Waals surface area contributed by atoms with Crippen LogP contribution in [0.2, 0.25) is 0 Å². The molecule has 2 aromatic rings. The molecule has 0 aliphatic heterocycles. The van der Waals surface area contributed by atoms with Gasteiger partial charge in [0.1, 0.15) is 6.33 Å². The molecule has 0 saturated carbocycles. The van der Waals surface area contributed by atoms with Gasteiger partial charge in [0, 0.05) is 30.6 Å². The predicted molar refractivity (Wildman–Crippen MR) is 72.3 cm³/mol. The van der Waals surface area contributed by atoms with Crippen molar-refractivity contribution in [3.05, 3.63) is 26.6 Å². The maximum absolute atomic E-state index is 11.8. The first kappa shape index (κ1) is 13.5. The molecule has 0 aliphatic carbocycles. The molecule has 102 valence electrons. The van der Waals surface area contributed by atoms with Gasteiger partial charge in [0.2, 0.25) is 11.9 Å². The first-order valence-electron chi connectivity index (χ1n) is 5.79. The number of hydrogen-bond donors (Lipinski definition) is 1. The zero-order valence-electron chi connectivity index (χ0n) is 11.0. The number of carbonyl (C=O) groups excluding carboxylic acids is 1. The average Bonchev–Trinajstić information content (AvgIpc) is 2.84. The van der Waals surface area contributed by atoms with E-state index in [0.29, 0.717) is 12.5 Å². The highest BCUT2D eigenvalue weighted by Gasteiger charge is 2.11. The molecular formula is C11H15N5O2S. The van der Waals surface area contributed by atoms with Crippen molar-refractivity contribution in [1.82, 2.24) is 19.3 Å². The molecule has 0 unspecified atom stereocenters. The molecule has 1 amide bonds. The number of rotatable bonds is 4. The quantitative estimate of drug-likeness (QED) is 0.893. The summed E-state index contributed by atoms with van der Waals surface area (Å²) in [7, 11) is 1.69. The smallest absolute Gasteiger partial charge is 0.303 e. The van der Waals surface area contributed by atoms with Crippen molar-refractivity contribution in [3.63, 3.8) is 0 Å². The van der Waals surface area contributed by atoms with E-state index in [9.17, 15) is 9.59 Å². The molecule has 19 heavy (non-hydrogen) atoms. The Kier molecular flexibility index (Phi) is 3.79. The third-order valence-electron chi connectivity index (χ3n) is 2.90. The Morgan fingerprint density at radius 3 is 2.74 bits per heavy atom. The number of aryl methyl sites for hydroxylation is 2. The van der Waals surface area contributed by atoms with Crippen LogP contribution in [0.3, 0.4) is 0 Å². The number of aromatic nitrogens is 4. The fraction of sp³-hybridized carbons (Fsp3) is 0.455. The summed E-state index contributed by atoms with van der Waals surface area (Å²) >= 11 is 1.20. The lowest BCUT2D eigenvalue weighted by Crippen LogP contribution is -2.21. The predicted octanol–water partition coefficient (Wildman–Crippen LogP) is 0.684. The summed E-state index contributed by atoms with van der Waals surface area (Å²) in [5.41, 5.74) is 0.918. The number of thiazole rings is 1. The van der Waals surface area contributed by atoms with E-state index in [-0.39, 0.29) is 17.2 Å². The highest BCUT2D eigenvalue weighted by atomic mass is 32.1. The summed E-state index contributed by atoms with van der Waals surface area (Å²) in [6, 6.07) is 0. The lowest BCUT2D eigenvalue weighted by atomic mass is 10.3. The molecule has 1 N–H and O–H groups in total. The summed E-state index contributed by atoms with van der Waals surface area (Å²) in [4.78, 5) is 28.3. The molecule has 0 fully saturated rings. The molecule has 0 radical (unpaired) electrons. The second-order valence-corrected chi connectivity index (χ2v) is 5.33. The van der Waals surface area contributed by atoms with E-state index in [1.54, 1.807) is 11.6 Å². The van der Waals surface area contributed by atoms with Gasteiger partial charge < -0.3 is 4.57 Å². The molecule has 7 nitrogen and oxygen atoms in total. The van der Waals surface area contributed by atoms with Crippen LogP contribution in [0.1, 0.15) is 17.0 Å². The first-order valence-corrected chi connectivity index (χ1v) is 6.61. The highest BCUT2D eigenvalue weighted by molar-refractivity contribution is 7.09. The normalized spacial score (nSPS) is 10.7. The van der Waals surface area contributed by atoms with Crippen molar-refractivity contribution >= 4 is 23.2 Å². The van der Waals surface area contributed by atoms with Crippen LogP contribution in [0.15, 0.2) is 11.1 Å². The van der Waals surface area contributed by atoms with Gasteiger partial charge in [0.05, 0.1) is 0 Å². The molecular weight excluding hydrogens is 266 g/mol. The van der Waals surface area contributed by atoms with Gasteiger partial charge in [-0.1, -0.05) is 11.3 Å². The minimum absolute atomic E-state index is 0.0264. The van der Waals surface area contributed by atoms with Crippen molar-refractivity contribution < 1.29 is 4.79 Å². The average molecular weight is 281 g/mol. The second-order valence-electron chi connectivity index (χ2n) is 4.17. The number of carbonyl (C=O) groups is 1. The third-order valence-corrected chi connectivity index (χ3v) is 3.90. The number of hydrogen-bond acceptors (Lipinski definition) is 5. The van der Waals surface area contributed by atoms with Crippen LogP contribution in [0.25, 0.3) is 0 Å². The van der Waals surface area contributed by atoms with E-state index in [2.05, 4.69) is 15.4 Å².